The molecule has 106 valence electrons. The van der Waals surface area contributed by atoms with Crippen molar-refractivity contribution in [1.29, 1.82) is 0 Å². The molecular formula is C13H12BrNO4S. The zero-order valence-electron chi connectivity index (χ0n) is 10.9. The minimum Gasteiger partial charge on any atom is -0.493 e. The van der Waals surface area contributed by atoms with Gasteiger partial charge in [0.05, 0.1) is 18.6 Å². The summed E-state index contributed by atoms with van der Waals surface area (Å²) >= 11 is 4.29. The highest BCUT2D eigenvalue weighted by Gasteiger charge is 2.25. The highest BCUT2D eigenvalue weighted by Crippen LogP contribution is 2.36. The summed E-state index contributed by atoms with van der Waals surface area (Å²) in [5.74, 6) is 0.792. The number of hydrogen-bond acceptors (Lipinski definition) is 5. The molecule has 1 saturated heterocycles. The molecule has 0 aliphatic carbocycles. The number of imide groups is 1. The third-order valence-electron chi connectivity index (χ3n) is 2.51. The number of nitrogens with one attached hydrogen (secondary N) is 1. The quantitative estimate of drug-likeness (QED) is 0.838. The predicted octanol–water partition coefficient (Wildman–Crippen LogP) is 3.18. The summed E-state index contributed by atoms with van der Waals surface area (Å²) in [7, 11) is 1.54. The third-order valence-corrected chi connectivity index (χ3v) is 4.01. The van der Waals surface area contributed by atoms with Gasteiger partial charge in [0.15, 0.2) is 11.5 Å². The Kier molecular flexibility index (Phi) is 4.72. The molecule has 2 amide bonds. The van der Waals surface area contributed by atoms with Gasteiger partial charge in [0.2, 0.25) is 0 Å². The number of hydrogen-bond donors (Lipinski definition) is 1. The van der Waals surface area contributed by atoms with E-state index >= 15 is 0 Å². The van der Waals surface area contributed by atoms with Crippen LogP contribution in [-0.4, -0.2) is 24.9 Å². The highest BCUT2D eigenvalue weighted by molar-refractivity contribution is 9.10. The van der Waals surface area contributed by atoms with E-state index in [1.807, 2.05) is 6.92 Å². The van der Waals surface area contributed by atoms with E-state index in [1.165, 1.54) is 0 Å². The lowest BCUT2D eigenvalue weighted by Gasteiger charge is -2.11. The molecule has 0 saturated carbocycles. The summed E-state index contributed by atoms with van der Waals surface area (Å²) in [6.45, 7) is 2.41. The van der Waals surface area contributed by atoms with Crippen LogP contribution in [0.3, 0.4) is 0 Å². The van der Waals surface area contributed by atoms with Gasteiger partial charge in [-0.25, -0.2) is 0 Å². The summed E-state index contributed by atoms with van der Waals surface area (Å²) in [6.07, 6.45) is 1.63. The summed E-state index contributed by atoms with van der Waals surface area (Å²) in [5, 5.41) is 1.85. The fraction of sp³-hybridized carbons (Fsp3) is 0.231. The molecule has 2 rings (SSSR count). The molecular weight excluding hydrogens is 346 g/mol. The van der Waals surface area contributed by atoms with Gasteiger partial charge in [0, 0.05) is 4.47 Å². The Balaban J connectivity index is 2.40. The molecule has 0 unspecified atom stereocenters. The molecule has 1 aliphatic rings. The van der Waals surface area contributed by atoms with Crippen molar-refractivity contribution in [1.82, 2.24) is 5.32 Å². The maximum absolute atomic E-state index is 11.5. The second-order valence-corrected chi connectivity index (χ2v) is 5.68. The van der Waals surface area contributed by atoms with Crippen molar-refractivity contribution in [2.24, 2.45) is 0 Å². The SMILES string of the molecule is CCOc1cc(Br)c(C=C2SC(=O)NC2=O)cc1OC. The number of carbonyl (C=O) groups is 2. The fourth-order valence-corrected chi connectivity index (χ4v) is 2.76. The Morgan fingerprint density at radius 3 is 2.65 bits per heavy atom. The lowest BCUT2D eigenvalue weighted by atomic mass is 10.2. The Morgan fingerprint density at radius 2 is 2.10 bits per heavy atom. The number of benzene rings is 1. The van der Waals surface area contributed by atoms with Crippen LogP contribution < -0.4 is 14.8 Å². The largest absolute Gasteiger partial charge is 0.493 e. The van der Waals surface area contributed by atoms with E-state index in [9.17, 15) is 9.59 Å². The first-order valence-electron chi connectivity index (χ1n) is 5.80. The van der Waals surface area contributed by atoms with Crippen molar-refractivity contribution in [3.05, 3.63) is 27.1 Å². The van der Waals surface area contributed by atoms with Crippen molar-refractivity contribution in [3.63, 3.8) is 0 Å². The van der Waals surface area contributed by atoms with E-state index in [0.29, 0.717) is 23.0 Å². The normalized spacial score (nSPS) is 16.4. The standard InChI is InChI=1S/C13H12BrNO4S/c1-3-19-10-6-8(14)7(4-9(10)18-2)5-11-12(16)15-13(17)20-11/h4-6H,3H2,1-2H3,(H,15,16,17). The minimum atomic E-state index is -0.389. The number of ether oxygens (including phenoxy) is 2. The fourth-order valence-electron chi connectivity index (χ4n) is 1.65. The molecule has 1 N–H and O–H groups in total. The first kappa shape index (κ1) is 14.9. The molecule has 1 aromatic carbocycles. The average Bonchev–Trinajstić information content (AvgIpc) is 2.71. The third kappa shape index (κ3) is 3.16. The van der Waals surface area contributed by atoms with Crippen molar-refractivity contribution < 1.29 is 19.1 Å². The maximum atomic E-state index is 11.5. The van der Waals surface area contributed by atoms with E-state index in [1.54, 1.807) is 25.3 Å². The van der Waals surface area contributed by atoms with Gasteiger partial charge in [-0.15, -0.1) is 0 Å². The second kappa shape index (κ2) is 6.32. The number of rotatable bonds is 4. The molecule has 7 heteroatoms. The molecule has 1 aromatic rings. The smallest absolute Gasteiger partial charge is 0.290 e. The van der Waals surface area contributed by atoms with Crippen molar-refractivity contribution in [2.75, 3.05) is 13.7 Å². The van der Waals surface area contributed by atoms with Crippen LogP contribution in [0.2, 0.25) is 0 Å². The molecule has 0 atom stereocenters. The molecule has 1 fully saturated rings. The number of carbonyl (C=O) groups excluding carboxylic acids is 2. The number of methoxy groups -OCH3 is 1. The lowest BCUT2D eigenvalue weighted by Crippen LogP contribution is -2.17. The first-order valence-corrected chi connectivity index (χ1v) is 7.41. The molecule has 0 bridgehead atoms. The molecule has 0 spiro atoms. The van der Waals surface area contributed by atoms with E-state index < -0.39 is 0 Å². The molecule has 1 heterocycles. The Bertz CT molecular complexity index is 600. The molecule has 0 aromatic heterocycles. The second-order valence-electron chi connectivity index (χ2n) is 3.81. The van der Waals surface area contributed by atoms with E-state index in [0.717, 1.165) is 21.8 Å². The predicted molar refractivity (Wildman–Crippen MR) is 81.0 cm³/mol. The zero-order chi connectivity index (χ0) is 14.7. The van der Waals surface area contributed by atoms with Crippen molar-refractivity contribution in [2.45, 2.75) is 6.92 Å². The number of amides is 2. The van der Waals surface area contributed by atoms with Gasteiger partial charge in [-0.2, -0.15) is 0 Å². The number of halogens is 1. The van der Waals surface area contributed by atoms with Gasteiger partial charge in [-0.05, 0) is 42.5 Å². The summed E-state index contributed by atoms with van der Waals surface area (Å²) in [6, 6.07) is 3.52. The van der Waals surface area contributed by atoms with Gasteiger partial charge in [-0.1, -0.05) is 15.9 Å². The van der Waals surface area contributed by atoms with Crippen LogP contribution in [0.1, 0.15) is 12.5 Å². The molecule has 0 radical (unpaired) electrons. The zero-order valence-corrected chi connectivity index (χ0v) is 13.3. The molecule has 5 nitrogen and oxygen atoms in total. The summed E-state index contributed by atoms with van der Waals surface area (Å²) in [5.41, 5.74) is 0.734. The van der Waals surface area contributed by atoms with Gasteiger partial charge in [0.1, 0.15) is 0 Å². The first-order chi connectivity index (χ1) is 9.55. The molecule has 1 aliphatic heterocycles. The van der Waals surface area contributed by atoms with E-state index in [4.69, 9.17) is 9.47 Å². The van der Waals surface area contributed by atoms with Crippen LogP contribution >= 0.6 is 27.7 Å². The van der Waals surface area contributed by atoms with Gasteiger partial charge >= 0.3 is 0 Å². The van der Waals surface area contributed by atoms with Crippen LogP contribution in [0.15, 0.2) is 21.5 Å². The lowest BCUT2D eigenvalue weighted by molar-refractivity contribution is -0.115. The van der Waals surface area contributed by atoms with Crippen LogP contribution in [-0.2, 0) is 4.79 Å². The Labute approximate surface area is 128 Å². The summed E-state index contributed by atoms with van der Waals surface area (Å²) in [4.78, 5) is 23.0. The Hall–Kier alpha value is -1.47. The highest BCUT2D eigenvalue weighted by atomic mass is 79.9. The maximum Gasteiger partial charge on any atom is 0.290 e. The van der Waals surface area contributed by atoms with Crippen LogP contribution in [0.5, 0.6) is 11.5 Å². The monoisotopic (exact) mass is 357 g/mol. The van der Waals surface area contributed by atoms with Crippen LogP contribution in [0.25, 0.3) is 6.08 Å². The molecule has 20 heavy (non-hydrogen) atoms. The van der Waals surface area contributed by atoms with Gasteiger partial charge in [0.25, 0.3) is 11.1 Å². The van der Waals surface area contributed by atoms with Gasteiger partial charge in [-0.3, -0.25) is 14.9 Å². The van der Waals surface area contributed by atoms with Crippen molar-refractivity contribution in [3.8, 4) is 11.5 Å². The van der Waals surface area contributed by atoms with Crippen LogP contribution in [0, 0.1) is 0 Å². The van der Waals surface area contributed by atoms with E-state index in [2.05, 4.69) is 21.2 Å². The minimum absolute atomic E-state index is 0.349. The average molecular weight is 358 g/mol. The van der Waals surface area contributed by atoms with E-state index in [-0.39, 0.29) is 11.1 Å². The Morgan fingerprint density at radius 1 is 1.35 bits per heavy atom. The topological polar surface area (TPSA) is 64.6 Å². The van der Waals surface area contributed by atoms with Crippen molar-refractivity contribution >= 4 is 44.9 Å². The number of thioether (sulfide) groups is 1. The van der Waals surface area contributed by atoms with Gasteiger partial charge < -0.3 is 9.47 Å². The summed E-state index contributed by atoms with van der Waals surface area (Å²) < 4.78 is 11.5. The van der Waals surface area contributed by atoms with Crippen LogP contribution in [0.4, 0.5) is 4.79 Å².